The summed E-state index contributed by atoms with van der Waals surface area (Å²) in [6, 6.07) is 14.9. The highest BCUT2D eigenvalue weighted by Gasteiger charge is 2.42. The smallest absolute Gasteiger partial charge is 0.330 e. The van der Waals surface area contributed by atoms with Crippen LogP contribution < -0.4 is 16.0 Å². The van der Waals surface area contributed by atoms with Crippen molar-refractivity contribution in [3.63, 3.8) is 0 Å². The van der Waals surface area contributed by atoms with Gasteiger partial charge in [0, 0.05) is 48.8 Å². The lowest BCUT2D eigenvalue weighted by Crippen LogP contribution is -2.43. The quantitative estimate of drug-likeness (QED) is 0.663. The second-order valence-corrected chi connectivity index (χ2v) is 7.72. The Bertz CT molecular complexity index is 1370. The van der Waals surface area contributed by atoms with Crippen molar-refractivity contribution < 1.29 is 9.53 Å². The van der Waals surface area contributed by atoms with Gasteiger partial charge in [-0.3, -0.25) is 18.7 Å². The van der Waals surface area contributed by atoms with Gasteiger partial charge in [0.25, 0.3) is 5.56 Å². The summed E-state index contributed by atoms with van der Waals surface area (Å²) in [6.07, 6.45) is 0.377. The lowest BCUT2D eigenvalue weighted by Gasteiger charge is -2.29. The lowest BCUT2D eigenvalue weighted by molar-refractivity contribution is 0.103. The zero-order valence-corrected chi connectivity index (χ0v) is 16.9. The van der Waals surface area contributed by atoms with Crippen LogP contribution in [0.25, 0.3) is 5.57 Å². The van der Waals surface area contributed by atoms with Gasteiger partial charge in [0.1, 0.15) is 5.75 Å². The Morgan fingerprint density at radius 1 is 0.900 bits per heavy atom. The van der Waals surface area contributed by atoms with Gasteiger partial charge in [-0.25, -0.2) is 4.79 Å². The fourth-order valence-electron chi connectivity index (χ4n) is 4.72. The molecule has 1 atom stereocenters. The third-order valence-corrected chi connectivity index (χ3v) is 6.26. The molecule has 0 amide bonds. The van der Waals surface area contributed by atoms with Crippen molar-refractivity contribution in [1.82, 2.24) is 9.13 Å². The molecule has 5 rings (SSSR count). The molecular weight excluding hydrogens is 380 g/mol. The van der Waals surface area contributed by atoms with E-state index in [2.05, 4.69) is 0 Å². The Balaban J connectivity index is 1.86. The summed E-state index contributed by atoms with van der Waals surface area (Å²) in [6.45, 7) is 0. The van der Waals surface area contributed by atoms with Gasteiger partial charge < -0.3 is 4.74 Å². The molecule has 0 spiro atoms. The maximum Gasteiger partial charge on any atom is 0.330 e. The van der Waals surface area contributed by atoms with Crippen LogP contribution in [0, 0.1) is 0 Å². The van der Waals surface area contributed by atoms with Gasteiger partial charge >= 0.3 is 5.69 Å². The van der Waals surface area contributed by atoms with Gasteiger partial charge in [-0.1, -0.05) is 36.4 Å². The first kappa shape index (κ1) is 18.4. The van der Waals surface area contributed by atoms with Crippen LogP contribution in [0.4, 0.5) is 0 Å². The molecule has 1 aromatic heterocycles. The van der Waals surface area contributed by atoms with E-state index in [1.807, 2.05) is 48.5 Å². The number of hydrogen-bond donors (Lipinski definition) is 0. The number of allylic oxidation sites excluding steroid dienone is 2. The van der Waals surface area contributed by atoms with Crippen LogP contribution in [0.5, 0.6) is 5.75 Å². The summed E-state index contributed by atoms with van der Waals surface area (Å²) in [4.78, 5) is 39.3. The van der Waals surface area contributed by atoms with E-state index in [0.29, 0.717) is 34.6 Å². The van der Waals surface area contributed by atoms with E-state index >= 15 is 0 Å². The summed E-state index contributed by atoms with van der Waals surface area (Å²) in [5.74, 6) is 0.0985. The molecule has 0 saturated carbocycles. The highest BCUT2D eigenvalue weighted by atomic mass is 16.5. The molecule has 1 unspecified atom stereocenters. The first-order valence-electron chi connectivity index (χ1n) is 9.74. The number of Topliss-reactive ketones (excluding diaryl/α,β-unsaturated/α-hetero) is 1. The van der Waals surface area contributed by atoms with Crippen LogP contribution in [0.3, 0.4) is 0 Å². The van der Waals surface area contributed by atoms with Gasteiger partial charge in [-0.05, 0) is 28.8 Å². The van der Waals surface area contributed by atoms with Crippen LogP contribution in [-0.4, -0.2) is 22.0 Å². The number of ether oxygens (including phenoxy) is 1. The molecular formula is C24H20N2O4. The van der Waals surface area contributed by atoms with Crippen LogP contribution >= 0.6 is 0 Å². The number of rotatable bonds is 2. The first-order chi connectivity index (χ1) is 14.4. The normalized spacial score (nSPS) is 16.9. The number of hydrogen-bond acceptors (Lipinski definition) is 4. The second kappa shape index (κ2) is 6.42. The lowest BCUT2D eigenvalue weighted by atomic mass is 9.76. The van der Waals surface area contributed by atoms with Crippen LogP contribution in [0.2, 0.25) is 0 Å². The predicted molar refractivity (Wildman–Crippen MR) is 113 cm³/mol. The number of benzene rings is 2. The molecule has 2 aliphatic rings. The molecule has 6 heteroatoms. The minimum absolute atomic E-state index is 0.0528. The van der Waals surface area contributed by atoms with E-state index in [1.54, 1.807) is 14.2 Å². The minimum atomic E-state index is -0.542. The Labute approximate surface area is 172 Å². The Morgan fingerprint density at radius 2 is 1.57 bits per heavy atom. The molecule has 0 radical (unpaired) electrons. The van der Waals surface area contributed by atoms with Crippen molar-refractivity contribution in [3.05, 3.63) is 103 Å². The summed E-state index contributed by atoms with van der Waals surface area (Å²) in [7, 11) is 4.75. The van der Waals surface area contributed by atoms with Crippen molar-refractivity contribution in [2.24, 2.45) is 14.1 Å². The number of nitrogens with zero attached hydrogens (tertiary/aromatic N) is 2. The fourth-order valence-corrected chi connectivity index (χ4v) is 4.72. The number of carbonyl (C=O) groups excluding carboxylic acids is 1. The van der Waals surface area contributed by atoms with Gasteiger partial charge in [0.2, 0.25) is 0 Å². The molecule has 6 nitrogen and oxygen atoms in total. The van der Waals surface area contributed by atoms with E-state index in [0.717, 1.165) is 21.3 Å². The van der Waals surface area contributed by atoms with Gasteiger partial charge in [-0.2, -0.15) is 0 Å². The van der Waals surface area contributed by atoms with Crippen molar-refractivity contribution >= 4 is 11.4 Å². The maximum atomic E-state index is 13.4. The molecule has 0 aliphatic heterocycles. The number of aromatic nitrogens is 2. The average molecular weight is 400 g/mol. The van der Waals surface area contributed by atoms with E-state index in [-0.39, 0.29) is 17.0 Å². The fraction of sp³-hybridized carbons (Fsp3) is 0.208. The summed E-state index contributed by atoms with van der Waals surface area (Å²) in [5, 5.41) is 0. The third-order valence-electron chi connectivity index (χ3n) is 6.26. The van der Waals surface area contributed by atoms with Crippen LogP contribution in [0.1, 0.15) is 38.7 Å². The van der Waals surface area contributed by atoms with Crippen LogP contribution in [0.15, 0.2) is 63.7 Å². The van der Waals surface area contributed by atoms with Crippen molar-refractivity contribution in [2.75, 3.05) is 7.11 Å². The first-order valence-corrected chi connectivity index (χ1v) is 9.74. The predicted octanol–water partition coefficient (Wildman–Crippen LogP) is 2.43. The number of carbonyl (C=O) groups is 1. The van der Waals surface area contributed by atoms with E-state index in [9.17, 15) is 14.4 Å². The second-order valence-electron chi connectivity index (χ2n) is 7.72. The summed E-state index contributed by atoms with van der Waals surface area (Å²) >= 11 is 0. The van der Waals surface area contributed by atoms with Gasteiger partial charge in [0.05, 0.1) is 7.11 Å². The topological polar surface area (TPSA) is 70.3 Å². The molecule has 3 aromatic rings. The number of ketones is 1. The largest absolute Gasteiger partial charge is 0.497 e. The molecule has 2 aromatic carbocycles. The molecule has 0 saturated heterocycles. The van der Waals surface area contributed by atoms with Crippen molar-refractivity contribution in [1.29, 1.82) is 0 Å². The molecule has 150 valence electrons. The highest BCUT2D eigenvalue weighted by Crippen LogP contribution is 2.48. The standard InChI is InChI=1S/C24H20N2O4/c1-25-18-12-17-15-6-4-5-7-16(15)22(27)20(17)19(13-8-10-14(30-3)11-9-13)21(18)23(28)26(2)24(25)29/h4-11,19H,12H2,1-3H3. The molecule has 0 fully saturated rings. The SMILES string of the molecule is COc1ccc(C2C3=C(Cc4c2c(=O)n(C)c(=O)n4C)c2ccccc2C3=O)cc1. The Morgan fingerprint density at radius 3 is 2.23 bits per heavy atom. The van der Waals surface area contributed by atoms with E-state index in [4.69, 9.17) is 4.74 Å². The molecule has 30 heavy (non-hydrogen) atoms. The number of methoxy groups -OCH3 is 1. The van der Waals surface area contributed by atoms with Crippen molar-refractivity contribution in [2.45, 2.75) is 12.3 Å². The highest BCUT2D eigenvalue weighted by molar-refractivity contribution is 6.22. The number of fused-ring (bicyclic) bond motifs is 3. The molecule has 1 heterocycles. The maximum absolute atomic E-state index is 13.4. The molecule has 0 bridgehead atoms. The van der Waals surface area contributed by atoms with Gasteiger partial charge in [0.15, 0.2) is 5.78 Å². The zero-order chi connectivity index (χ0) is 21.2. The van der Waals surface area contributed by atoms with Crippen LogP contribution in [-0.2, 0) is 20.5 Å². The molecule has 0 N–H and O–H groups in total. The third kappa shape index (κ3) is 2.33. The summed E-state index contributed by atoms with van der Waals surface area (Å²) < 4.78 is 7.92. The van der Waals surface area contributed by atoms with Gasteiger partial charge in [-0.15, -0.1) is 0 Å². The van der Waals surface area contributed by atoms with E-state index < -0.39 is 5.92 Å². The van der Waals surface area contributed by atoms with Crippen molar-refractivity contribution in [3.8, 4) is 5.75 Å². The zero-order valence-electron chi connectivity index (χ0n) is 16.9. The van der Waals surface area contributed by atoms with E-state index in [1.165, 1.54) is 11.6 Å². The molecule has 2 aliphatic carbocycles. The Kier molecular flexibility index (Phi) is 3.93. The monoisotopic (exact) mass is 400 g/mol. The average Bonchev–Trinajstić information content (AvgIpc) is 3.07. The summed E-state index contributed by atoms with van der Waals surface area (Å²) in [5.41, 5.74) is 4.30. The Hall–Kier alpha value is -3.67. The minimum Gasteiger partial charge on any atom is -0.497 e.